The van der Waals surface area contributed by atoms with Crippen LogP contribution < -0.4 is 10.6 Å². The summed E-state index contributed by atoms with van der Waals surface area (Å²) in [6.45, 7) is 8.67. The maximum absolute atomic E-state index is 11.9. The van der Waals surface area contributed by atoms with Crippen LogP contribution >= 0.6 is 0 Å². The van der Waals surface area contributed by atoms with Crippen LogP contribution in [-0.4, -0.2) is 44.9 Å². The molecule has 5 heteroatoms. The predicted molar refractivity (Wildman–Crippen MR) is 65.5 cm³/mol. The van der Waals surface area contributed by atoms with E-state index in [1.807, 2.05) is 6.92 Å². The van der Waals surface area contributed by atoms with Crippen LogP contribution in [0.5, 0.6) is 0 Å². The highest BCUT2D eigenvalue weighted by atomic mass is 16.5. The van der Waals surface area contributed by atoms with Gasteiger partial charge < -0.3 is 20.1 Å². The molecule has 5 nitrogen and oxygen atoms in total. The van der Waals surface area contributed by atoms with Crippen molar-refractivity contribution in [2.45, 2.75) is 19.4 Å². The van der Waals surface area contributed by atoms with Gasteiger partial charge in [0.1, 0.15) is 0 Å². The molecule has 98 valence electrons. The molecule has 1 saturated heterocycles. The summed E-state index contributed by atoms with van der Waals surface area (Å²) >= 11 is 0. The third-order valence-corrected chi connectivity index (χ3v) is 2.74. The van der Waals surface area contributed by atoms with E-state index in [1.165, 1.54) is 6.26 Å². The molecule has 1 aliphatic rings. The summed E-state index contributed by atoms with van der Waals surface area (Å²) in [5.74, 6) is -0.0117. The molecule has 0 aromatic rings. The zero-order chi connectivity index (χ0) is 12.5. The maximum atomic E-state index is 11.9. The van der Waals surface area contributed by atoms with Crippen LogP contribution in [0.1, 0.15) is 13.3 Å². The number of rotatable bonds is 8. The number of nitrogens with one attached hydrogen (secondary N) is 2. The number of carbonyl (C=O) groups is 1. The fraction of sp³-hybridized carbons (Fsp3) is 0.750. The fourth-order valence-corrected chi connectivity index (χ4v) is 1.86. The van der Waals surface area contributed by atoms with Crippen molar-refractivity contribution in [3.63, 3.8) is 0 Å². The van der Waals surface area contributed by atoms with Crippen molar-refractivity contribution in [1.29, 1.82) is 0 Å². The van der Waals surface area contributed by atoms with E-state index in [-0.39, 0.29) is 17.9 Å². The molecule has 1 aliphatic heterocycles. The van der Waals surface area contributed by atoms with Crippen LogP contribution in [0.15, 0.2) is 12.8 Å². The normalized spacial score (nSPS) is 23.4. The van der Waals surface area contributed by atoms with Crippen LogP contribution in [0.2, 0.25) is 0 Å². The first-order chi connectivity index (χ1) is 8.29. The molecule has 17 heavy (non-hydrogen) atoms. The zero-order valence-corrected chi connectivity index (χ0v) is 10.4. The van der Waals surface area contributed by atoms with Gasteiger partial charge in [0.2, 0.25) is 5.91 Å². The Balaban J connectivity index is 2.19. The lowest BCUT2D eigenvalue weighted by molar-refractivity contribution is -0.125. The number of carbonyl (C=O) groups excluding carboxylic acids is 1. The van der Waals surface area contributed by atoms with Gasteiger partial charge in [-0.2, -0.15) is 0 Å². The fourth-order valence-electron chi connectivity index (χ4n) is 1.86. The Labute approximate surface area is 103 Å². The van der Waals surface area contributed by atoms with Crippen LogP contribution in [0.25, 0.3) is 0 Å². The topological polar surface area (TPSA) is 59.6 Å². The van der Waals surface area contributed by atoms with Crippen molar-refractivity contribution in [2.24, 2.45) is 5.92 Å². The Morgan fingerprint density at radius 2 is 2.41 bits per heavy atom. The van der Waals surface area contributed by atoms with Gasteiger partial charge in [-0.25, -0.2) is 0 Å². The number of ether oxygens (including phenoxy) is 2. The SMILES string of the molecule is C=COCCCNC(=O)C1COCC1NCC. The Kier molecular flexibility index (Phi) is 6.65. The van der Waals surface area contributed by atoms with E-state index in [0.29, 0.717) is 26.4 Å². The van der Waals surface area contributed by atoms with Gasteiger partial charge in [-0.1, -0.05) is 13.5 Å². The highest BCUT2D eigenvalue weighted by Gasteiger charge is 2.32. The highest BCUT2D eigenvalue weighted by molar-refractivity contribution is 5.79. The molecule has 0 saturated carbocycles. The van der Waals surface area contributed by atoms with E-state index >= 15 is 0 Å². The van der Waals surface area contributed by atoms with Crippen molar-refractivity contribution in [3.05, 3.63) is 12.8 Å². The van der Waals surface area contributed by atoms with Crippen molar-refractivity contribution >= 4 is 5.91 Å². The van der Waals surface area contributed by atoms with Gasteiger partial charge >= 0.3 is 0 Å². The van der Waals surface area contributed by atoms with E-state index in [0.717, 1.165) is 13.0 Å². The molecule has 0 aliphatic carbocycles. The second kappa shape index (κ2) is 8.08. The molecular weight excluding hydrogens is 220 g/mol. The lowest BCUT2D eigenvalue weighted by atomic mass is 10.0. The minimum Gasteiger partial charge on any atom is -0.502 e. The average molecular weight is 242 g/mol. The summed E-state index contributed by atoms with van der Waals surface area (Å²) in [5.41, 5.74) is 0. The number of amides is 1. The highest BCUT2D eigenvalue weighted by Crippen LogP contribution is 2.13. The first-order valence-corrected chi connectivity index (χ1v) is 6.11. The number of hydrogen-bond donors (Lipinski definition) is 2. The Bertz CT molecular complexity index is 246. The second-order valence-electron chi connectivity index (χ2n) is 3.99. The minimum absolute atomic E-state index is 0.0621. The van der Waals surface area contributed by atoms with E-state index in [2.05, 4.69) is 17.2 Å². The summed E-state index contributed by atoms with van der Waals surface area (Å²) in [5, 5.41) is 6.16. The Morgan fingerprint density at radius 3 is 3.12 bits per heavy atom. The van der Waals surface area contributed by atoms with Crippen molar-refractivity contribution < 1.29 is 14.3 Å². The molecule has 0 aromatic carbocycles. The average Bonchev–Trinajstić information content (AvgIpc) is 2.77. The van der Waals surface area contributed by atoms with Crippen molar-refractivity contribution in [1.82, 2.24) is 10.6 Å². The quantitative estimate of drug-likeness (QED) is 0.474. The first-order valence-electron chi connectivity index (χ1n) is 6.11. The third kappa shape index (κ3) is 4.75. The molecule has 2 atom stereocenters. The second-order valence-corrected chi connectivity index (χ2v) is 3.99. The van der Waals surface area contributed by atoms with E-state index in [1.54, 1.807) is 0 Å². The molecule has 0 aromatic heterocycles. The Morgan fingerprint density at radius 1 is 1.59 bits per heavy atom. The van der Waals surface area contributed by atoms with E-state index in [9.17, 15) is 4.79 Å². The summed E-state index contributed by atoms with van der Waals surface area (Å²) in [7, 11) is 0. The number of hydrogen-bond acceptors (Lipinski definition) is 4. The predicted octanol–water partition coefficient (Wildman–Crippen LogP) is 0.277. The van der Waals surface area contributed by atoms with Gasteiger partial charge in [0.25, 0.3) is 0 Å². The number of likely N-dealkylation sites (N-methyl/N-ethyl adjacent to an activating group) is 1. The summed E-state index contributed by atoms with van der Waals surface area (Å²) in [6.07, 6.45) is 2.20. The molecule has 0 radical (unpaired) electrons. The van der Waals surface area contributed by atoms with Crippen LogP contribution in [0.3, 0.4) is 0 Å². The third-order valence-electron chi connectivity index (χ3n) is 2.74. The molecular formula is C12H22N2O3. The van der Waals surface area contributed by atoms with Gasteiger partial charge in [-0.15, -0.1) is 0 Å². The first kappa shape index (κ1) is 14.0. The minimum atomic E-state index is -0.0738. The van der Waals surface area contributed by atoms with Gasteiger partial charge in [0.05, 0.1) is 32.0 Å². The molecule has 2 N–H and O–H groups in total. The smallest absolute Gasteiger partial charge is 0.227 e. The van der Waals surface area contributed by atoms with Gasteiger partial charge in [-0.05, 0) is 13.0 Å². The lowest BCUT2D eigenvalue weighted by Gasteiger charge is -2.17. The van der Waals surface area contributed by atoms with Crippen LogP contribution in [0, 0.1) is 5.92 Å². The lowest BCUT2D eigenvalue weighted by Crippen LogP contribution is -2.44. The van der Waals surface area contributed by atoms with Crippen molar-refractivity contribution in [2.75, 3.05) is 32.9 Å². The molecule has 1 heterocycles. The van der Waals surface area contributed by atoms with Gasteiger partial charge in [0, 0.05) is 12.6 Å². The molecule has 1 rings (SSSR count). The van der Waals surface area contributed by atoms with Gasteiger partial charge in [0.15, 0.2) is 0 Å². The zero-order valence-electron chi connectivity index (χ0n) is 10.4. The molecule has 1 amide bonds. The van der Waals surface area contributed by atoms with E-state index < -0.39 is 0 Å². The largest absolute Gasteiger partial charge is 0.502 e. The van der Waals surface area contributed by atoms with Crippen molar-refractivity contribution in [3.8, 4) is 0 Å². The molecule has 1 fully saturated rings. The molecule has 0 bridgehead atoms. The van der Waals surface area contributed by atoms with Crippen LogP contribution in [-0.2, 0) is 14.3 Å². The molecule has 0 spiro atoms. The van der Waals surface area contributed by atoms with Gasteiger partial charge in [-0.3, -0.25) is 4.79 Å². The maximum Gasteiger partial charge on any atom is 0.227 e. The molecule has 2 unspecified atom stereocenters. The summed E-state index contributed by atoms with van der Waals surface area (Å²) < 4.78 is 10.3. The van der Waals surface area contributed by atoms with E-state index in [4.69, 9.17) is 9.47 Å². The monoisotopic (exact) mass is 242 g/mol. The summed E-state index contributed by atoms with van der Waals surface area (Å²) in [6, 6.07) is 0.143. The summed E-state index contributed by atoms with van der Waals surface area (Å²) in [4.78, 5) is 11.9. The standard InChI is InChI=1S/C12H22N2O3/c1-3-13-11-9-17-8-10(11)12(15)14-6-5-7-16-4-2/h4,10-11,13H,2-3,5-9H2,1H3,(H,14,15). The Hall–Kier alpha value is -1.07. The van der Waals surface area contributed by atoms with Crippen LogP contribution in [0.4, 0.5) is 0 Å².